The van der Waals surface area contributed by atoms with E-state index in [1.54, 1.807) is 0 Å². The van der Waals surface area contributed by atoms with Gasteiger partial charge in [-0.15, -0.1) is 0 Å². The van der Waals surface area contributed by atoms with Crippen molar-refractivity contribution in [3.63, 3.8) is 0 Å². The number of rotatable bonds is 7. The fourth-order valence-corrected chi connectivity index (χ4v) is 5.34. The molecule has 29 heavy (non-hydrogen) atoms. The van der Waals surface area contributed by atoms with Gasteiger partial charge in [-0.3, -0.25) is 4.79 Å². The van der Waals surface area contributed by atoms with E-state index in [0.717, 1.165) is 45.2 Å². The zero-order chi connectivity index (χ0) is 21.2. The van der Waals surface area contributed by atoms with Crippen molar-refractivity contribution in [3.8, 4) is 5.75 Å². The van der Waals surface area contributed by atoms with E-state index < -0.39 is 39.9 Å². The van der Waals surface area contributed by atoms with Crippen LogP contribution in [0.3, 0.4) is 0 Å². The topological polar surface area (TPSA) is 89.9 Å². The highest BCUT2D eigenvalue weighted by Crippen LogP contribution is 2.36. The molecule has 3 rings (SSSR count). The van der Waals surface area contributed by atoms with Crippen LogP contribution in [0.15, 0.2) is 12.1 Å². The highest BCUT2D eigenvalue weighted by Gasteiger charge is 2.38. The summed E-state index contributed by atoms with van der Waals surface area (Å²) in [6.07, 6.45) is 5.85. The first-order valence-corrected chi connectivity index (χ1v) is 11.7. The molecule has 2 aliphatic rings. The zero-order valence-electron chi connectivity index (χ0n) is 17.0. The van der Waals surface area contributed by atoms with Gasteiger partial charge in [-0.2, -0.15) is 8.42 Å². The Balaban J connectivity index is 1.81. The van der Waals surface area contributed by atoms with Crippen molar-refractivity contribution in [2.24, 2.45) is 5.92 Å². The van der Waals surface area contributed by atoms with Crippen LogP contribution in [-0.4, -0.2) is 50.0 Å². The Bertz CT molecular complexity index is 860. The number of phenols is 1. The van der Waals surface area contributed by atoms with Crippen molar-refractivity contribution in [2.45, 2.75) is 58.4 Å². The lowest BCUT2D eigenvalue weighted by atomic mass is 9.94. The lowest BCUT2D eigenvalue weighted by Gasteiger charge is -2.36. The number of halogens is 1. The molecular formula is C20H30FN3O4S. The Morgan fingerprint density at radius 3 is 2.72 bits per heavy atom. The predicted octanol–water partition coefficient (Wildman–Crippen LogP) is 2.55. The predicted molar refractivity (Wildman–Crippen MR) is 109 cm³/mol. The van der Waals surface area contributed by atoms with E-state index in [1.807, 2.05) is 4.72 Å². The van der Waals surface area contributed by atoms with Crippen molar-refractivity contribution in [3.05, 3.63) is 23.5 Å². The first-order valence-electron chi connectivity index (χ1n) is 10.3. The van der Waals surface area contributed by atoms with Gasteiger partial charge >= 0.3 is 10.2 Å². The molecule has 1 aromatic carbocycles. The molecule has 2 N–H and O–H groups in total. The molecule has 1 atom stereocenters. The molecule has 0 spiro atoms. The third-order valence-corrected chi connectivity index (χ3v) is 7.05. The summed E-state index contributed by atoms with van der Waals surface area (Å²) >= 11 is 0. The summed E-state index contributed by atoms with van der Waals surface area (Å²) in [5, 5.41) is 10.1. The maximum Gasteiger partial charge on any atom is 0.326 e. The molecule has 0 bridgehead atoms. The second kappa shape index (κ2) is 8.87. The minimum Gasteiger partial charge on any atom is -0.506 e. The summed E-state index contributed by atoms with van der Waals surface area (Å²) in [7, 11) is -4.19. The van der Waals surface area contributed by atoms with Crippen LogP contribution in [0.5, 0.6) is 5.75 Å². The Morgan fingerprint density at radius 2 is 2.07 bits per heavy atom. The van der Waals surface area contributed by atoms with E-state index in [1.165, 1.54) is 12.1 Å². The van der Waals surface area contributed by atoms with Gasteiger partial charge in [0.05, 0.1) is 0 Å². The lowest BCUT2D eigenvalue weighted by molar-refractivity contribution is -0.117. The third-order valence-electron chi connectivity index (χ3n) is 5.68. The average molecular weight is 428 g/mol. The Morgan fingerprint density at radius 1 is 1.31 bits per heavy atom. The highest BCUT2D eigenvalue weighted by molar-refractivity contribution is 7.92. The van der Waals surface area contributed by atoms with Crippen LogP contribution in [0.1, 0.15) is 51.5 Å². The minimum absolute atomic E-state index is 0.178. The molecule has 1 amide bonds. The molecule has 1 unspecified atom stereocenters. The van der Waals surface area contributed by atoms with Crippen LogP contribution in [0, 0.1) is 11.7 Å². The number of piperidine rings is 1. The molecular weight excluding hydrogens is 397 g/mol. The Kier molecular flexibility index (Phi) is 6.68. The van der Waals surface area contributed by atoms with E-state index in [2.05, 4.69) is 18.7 Å². The monoisotopic (exact) mass is 427 g/mol. The van der Waals surface area contributed by atoms with Crippen molar-refractivity contribution in [1.82, 2.24) is 9.62 Å². The standard InChI is InChI=1S/C20H30FN3O4S/c1-14(2)6-5-11-23-10-4-3-7-16(23)12-15-8-9-17(25)20(19(15)21)24-13-18(26)22-29(24,27)28/h8-9,14,16,25H,3-7,10-13H2,1-2H3,(H,22,26). The molecule has 2 fully saturated rings. The molecule has 0 aromatic heterocycles. The number of anilines is 1. The smallest absolute Gasteiger partial charge is 0.326 e. The van der Waals surface area contributed by atoms with Gasteiger partial charge in [-0.05, 0) is 62.7 Å². The average Bonchev–Trinajstić information content (AvgIpc) is 2.91. The van der Waals surface area contributed by atoms with E-state index in [0.29, 0.717) is 22.2 Å². The van der Waals surface area contributed by atoms with Crippen LogP contribution in [0.25, 0.3) is 0 Å². The van der Waals surface area contributed by atoms with Crippen molar-refractivity contribution < 1.29 is 22.7 Å². The maximum absolute atomic E-state index is 15.3. The molecule has 2 heterocycles. The maximum atomic E-state index is 15.3. The SMILES string of the molecule is CC(C)CCCN1CCCCC1Cc1ccc(O)c(N2CC(=O)NS2(=O)=O)c1F. The first-order chi connectivity index (χ1) is 13.7. The minimum atomic E-state index is -4.19. The van der Waals surface area contributed by atoms with Crippen molar-refractivity contribution >= 4 is 21.8 Å². The van der Waals surface area contributed by atoms with Crippen molar-refractivity contribution in [2.75, 3.05) is 23.9 Å². The fourth-order valence-electron chi connectivity index (χ4n) is 4.18. The largest absolute Gasteiger partial charge is 0.506 e. The number of carbonyl (C=O) groups is 1. The summed E-state index contributed by atoms with van der Waals surface area (Å²) in [5.41, 5.74) is -0.101. The van der Waals surface area contributed by atoms with E-state index in [9.17, 15) is 18.3 Å². The Labute approximate surface area is 172 Å². The molecule has 1 aromatic rings. The number of nitrogens with one attached hydrogen (secondary N) is 1. The second-order valence-electron chi connectivity index (χ2n) is 8.37. The van der Waals surface area contributed by atoms with Gasteiger partial charge in [0.1, 0.15) is 18.0 Å². The number of amides is 1. The highest BCUT2D eigenvalue weighted by atomic mass is 32.2. The molecule has 0 aliphatic carbocycles. The lowest BCUT2D eigenvalue weighted by Crippen LogP contribution is -2.41. The molecule has 9 heteroatoms. The van der Waals surface area contributed by atoms with Gasteiger partial charge < -0.3 is 10.0 Å². The van der Waals surface area contributed by atoms with Gasteiger partial charge in [0, 0.05) is 6.04 Å². The summed E-state index contributed by atoms with van der Waals surface area (Å²) in [6, 6.07) is 2.99. The summed E-state index contributed by atoms with van der Waals surface area (Å²) in [5.74, 6) is -1.38. The summed E-state index contributed by atoms with van der Waals surface area (Å²) in [4.78, 5) is 13.9. The number of hydrogen-bond acceptors (Lipinski definition) is 5. The molecule has 0 saturated carbocycles. The van der Waals surface area contributed by atoms with Crippen LogP contribution < -0.4 is 9.03 Å². The van der Waals surface area contributed by atoms with Gasteiger partial charge in [0.2, 0.25) is 0 Å². The van der Waals surface area contributed by atoms with Crippen LogP contribution >= 0.6 is 0 Å². The molecule has 0 radical (unpaired) electrons. The Hall–Kier alpha value is -1.87. The van der Waals surface area contributed by atoms with Gasteiger partial charge in [-0.25, -0.2) is 13.4 Å². The fraction of sp³-hybridized carbons (Fsp3) is 0.650. The second-order valence-corrected chi connectivity index (χ2v) is 9.96. The third kappa shape index (κ3) is 5.01. The first kappa shape index (κ1) is 21.8. The van der Waals surface area contributed by atoms with Gasteiger partial charge in [-0.1, -0.05) is 26.3 Å². The molecule has 2 saturated heterocycles. The van der Waals surface area contributed by atoms with E-state index in [-0.39, 0.29) is 6.04 Å². The number of phenolic OH excluding ortho intramolecular Hbond substituents is 1. The van der Waals surface area contributed by atoms with Crippen LogP contribution in [0.2, 0.25) is 0 Å². The number of benzene rings is 1. The number of likely N-dealkylation sites (tertiary alicyclic amines) is 1. The van der Waals surface area contributed by atoms with E-state index >= 15 is 4.39 Å². The van der Waals surface area contributed by atoms with Gasteiger partial charge in [0.25, 0.3) is 5.91 Å². The molecule has 2 aliphatic heterocycles. The van der Waals surface area contributed by atoms with E-state index in [4.69, 9.17) is 0 Å². The summed E-state index contributed by atoms with van der Waals surface area (Å²) in [6.45, 7) is 5.81. The van der Waals surface area contributed by atoms with Crippen LogP contribution in [-0.2, 0) is 21.4 Å². The quantitative estimate of drug-likeness (QED) is 0.698. The van der Waals surface area contributed by atoms with Crippen LogP contribution in [0.4, 0.5) is 10.1 Å². The normalized spacial score (nSPS) is 22.3. The molecule has 162 valence electrons. The molecule has 7 nitrogen and oxygen atoms in total. The number of hydrogen-bond donors (Lipinski definition) is 2. The number of carbonyl (C=O) groups excluding carboxylic acids is 1. The number of nitrogens with zero attached hydrogens (tertiary/aromatic N) is 2. The van der Waals surface area contributed by atoms with Gasteiger partial charge in [0.15, 0.2) is 5.82 Å². The summed E-state index contributed by atoms with van der Waals surface area (Å²) < 4.78 is 41.9. The number of aromatic hydroxyl groups is 1. The van der Waals surface area contributed by atoms with Crippen molar-refractivity contribution in [1.29, 1.82) is 0 Å². The zero-order valence-corrected chi connectivity index (χ0v) is 17.8.